The van der Waals surface area contributed by atoms with Crippen molar-refractivity contribution >= 4 is 5.91 Å². The molecular formula is C11H22N2O. The van der Waals surface area contributed by atoms with E-state index in [9.17, 15) is 4.79 Å². The molecule has 82 valence electrons. The first kappa shape index (κ1) is 11.5. The molecule has 1 rings (SSSR count). The molecule has 1 saturated heterocycles. The third-order valence-corrected chi connectivity index (χ3v) is 3.08. The fourth-order valence-corrected chi connectivity index (χ4v) is 2.32. The van der Waals surface area contributed by atoms with Crippen LogP contribution in [-0.4, -0.2) is 48.4 Å². The van der Waals surface area contributed by atoms with Crippen LogP contribution in [0.2, 0.25) is 0 Å². The van der Waals surface area contributed by atoms with Crippen LogP contribution in [0.25, 0.3) is 0 Å². The molecule has 0 aromatic rings. The minimum Gasteiger partial charge on any atom is -0.349 e. The van der Waals surface area contributed by atoms with Crippen molar-refractivity contribution in [2.45, 2.75) is 39.3 Å². The minimum atomic E-state index is 0.211. The third kappa shape index (κ3) is 2.27. The molecule has 0 aliphatic carbocycles. The van der Waals surface area contributed by atoms with Crippen LogP contribution in [0.5, 0.6) is 0 Å². The Labute approximate surface area is 87.1 Å². The van der Waals surface area contributed by atoms with E-state index in [1.807, 2.05) is 14.1 Å². The molecule has 1 heterocycles. The van der Waals surface area contributed by atoms with Gasteiger partial charge in [-0.15, -0.1) is 0 Å². The molecule has 1 amide bonds. The van der Waals surface area contributed by atoms with Crippen molar-refractivity contribution in [1.82, 2.24) is 9.80 Å². The van der Waals surface area contributed by atoms with Crippen LogP contribution in [0.1, 0.15) is 27.2 Å². The van der Waals surface area contributed by atoms with Crippen LogP contribution < -0.4 is 0 Å². The van der Waals surface area contributed by atoms with E-state index < -0.39 is 0 Å². The van der Waals surface area contributed by atoms with Gasteiger partial charge in [-0.2, -0.15) is 0 Å². The Bertz CT molecular complexity index is 213. The van der Waals surface area contributed by atoms with Gasteiger partial charge in [0.15, 0.2) is 0 Å². The van der Waals surface area contributed by atoms with Crippen molar-refractivity contribution in [3.8, 4) is 0 Å². The van der Waals surface area contributed by atoms with Gasteiger partial charge in [0.2, 0.25) is 5.91 Å². The molecule has 0 aromatic carbocycles. The number of carbonyl (C=O) groups is 1. The highest BCUT2D eigenvalue weighted by atomic mass is 16.2. The Morgan fingerprint density at radius 3 is 2.36 bits per heavy atom. The Morgan fingerprint density at radius 1 is 1.43 bits per heavy atom. The van der Waals surface area contributed by atoms with Gasteiger partial charge in [0.05, 0.1) is 5.92 Å². The Kier molecular flexibility index (Phi) is 3.53. The number of hydrogen-bond acceptors (Lipinski definition) is 2. The summed E-state index contributed by atoms with van der Waals surface area (Å²) in [7, 11) is 3.68. The van der Waals surface area contributed by atoms with Gasteiger partial charge in [-0.05, 0) is 27.2 Å². The lowest BCUT2D eigenvalue weighted by atomic mass is 10.1. The zero-order chi connectivity index (χ0) is 10.9. The molecule has 3 nitrogen and oxygen atoms in total. The van der Waals surface area contributed by atoms with Crippen molar-refractivity contribution in [2.75, 3.05) is 20.6 Å². The first-order valence-corrected chi connectivity index (χ1v) is 5.40. The fraction of sp³-hybridized carbons (Fsp3) is 0.909. The van der Waals surface area contributed by atoms with Gasteiger partial charge in [-0.25, -0.2) is 0 Å². The van der Waals surface area contributed by atoms with Gasteiger partial charge in [-0.3, -0.25) is 9.69 Å². The predicted molar refractivity (Wildman–Crippen MR) is 58.1 cm³/mol. The molecule has 0 aromatic heterocycles. The summed E-state index contributed by atoms with van der Waals surface area (Å²) in [4.78, 5) is 15.9. The van der Waals surface area contributed by atoms with E-state index in [-0.39, 0.29) is 11.8 Å². The maximum atomic E-state index is 11.8. The topological polar surface area (TPSA) is 23.6 Å². The third-order valence-electron chi connectivity index (χ3n) is 3.08. The molecule has 0 saturated carbocycles. The maximum absolute atomic E-state index is 11.8. The maximum Gasteiger partial charge on any atom is 0.226 e. The largest absolute Gasteiger partial charge is 0.349 e. The van der Waals surface area contributed by atoms with Gasteiger partial charge in [0.1, 0.15) is 0 Å². The number of amides is 1. The van der Waals surface area contributed by atoms with Crippen molar-refractivity contribution in [2.24, 2.45) is 5.92 Å². The molecule has 0 bridgehead atoms. The van der Waals surface area contributed by atoms with Crippen molar-refractivity contribution in [3.05, 3.63) is 0 Å². The quantitative estimate of drug-likeness (QED) is 0.665. The van der Waals surface area contributed by atoms with E-state index in [0.29, 0.717) is 12.1 Å². The summed E-state index contributed by atoms with van der Waals surface area (Å²) in [6.07, 6.45) is 1.01. The first-order valence-electron chi connectivity index (χ1n) is 5.40. The molecule has 2 unspecified atom stereocenters. The normalized spacial score (nSPS) is 28.4. The molecular weight excluding hydrogens is 176 g/mol. The van der Waals surface area contributed by atoms with E-state index in [1.54, 1.807) is 4.90 Å². The molecule has 1 aliphatic rings. The average molecular weight is 198 g/mol. The van der Waals surface area contributed by atoms with Gasteiger partial charge in [-0.1, -0.05) is 0 Å². The second-order valence-corrected chi connectivity index (χ2v) is 4.80. The van der Waals surface area contributed by atoms with Gasteiger partial charge >= 0.3 is 0 Å². The predicted octanol–water partition coefficient (Wildman–Crippen LogP) is 1.19. The van der Waals surface area contributed by atoms with Gasteiger partial charge in [0, 0.05) is 32.7 Å². The molecule has 0 radical (unpaired) electrons. The molecule has 3 heteroatoms. The monoisotopic (exact) mass is 198 g/mol. The fourth-order valence-electron chi connectivity index (χ4n) is 2.32. The summed E-state index contributed by atoms with van der Waals surface area (Å²) in [5.41, 5.74) is 0. The molecule has 0 N–H and O–H groups in total. The van der Waals surface area contributed by atoms with Gasteiger partial charge < -0.3 is 4.90 Å². The van der Waals surface area contributed by atoms with Gasteiger partial charge in [0.25, 0.3) is 0 Å². The highest BCUT2D eigenvalue weighted by molar-refractivity contribution is 5.78. The summed E-state index contributed by atoms with van der Waals surface area (Å²) in [6, 6.07) is 1.09. The van der Waals surface area contributed by atoms with Crippen molar-refractivity contribution in [3.63, 3.8) is 0 Å². The first-order chi connectivity index (χ1) is 6.43. The number of hydrogen-bond donors (Lipinski definition) is 0. The molecule has 1 fully saturated rings. The second kappa shape index (κ2) is 4.30. The Hall–Kier alpha value is -0.570. The SMILES string of the molecule is CC(C)N1CC(C(=O)N(C)C)CC1C. The van der Waals surface area contributed by atoms with Crippen LogP contribution in [0.3, 0.4) is 0 Å². The molecule has 1 aliphatic heterocycles. The van der Waals surface area contributed by atoms with E-state index >= 15 is 0 Å². The molecule has 2 atom stereocenters. The lowest BCUT2D eigenvalue weighted by Crippen LogP contribution is -2.35. The highest BCUT2D eigenvalue weighted by Gasteiger charge is 2.35. The van der Waals surface area contributed by atoms with Crippen LogP contribution in [0.4, 0.5) is 0 Å². The van der Waals surface area contributed by atoms with Crippen LogP contribution in [-0.2, 0) is 4.79 Å². The van der Waals surface area contributed by atoms with Crippen molar-refractivity contribution in [1.29, 1.82) is 0 Å². The molecule has 0 spiro atoms. The van der Waals surface area contributed by atoms with Crippen LogP contribution in [0, 0.1) is 5.92 Å². The van der Waals surface area contributed by atoms with E-state index in [1.165, 1.54) is 0 Å². The van der Waals surface area contributed by atoms with E-state index in [4.69, 9.17) is 0 Å². The lowest BCUT2D eigenvalue weighted by molar-refractivity contribution is -0.132. The second-order valence-electron chi connectivity index (χ2n) is 4.80. The Morgan fingerprint density at radius 2 is 2.00 bits per heavy atom. The molecule has 14 heavy (non-hydrogen) atoms. The minimum absolute atomic E-state index is 0.211. The summed E-state index contributed by atoms with van der Waals surface area (Å²) < 4.78 is 0. The lowest BCUT2D eigenvalue weighted by Gasteiger charge is -2.25. The average Bonchev–Trinajstić information content (AvgIpc) is 2.45. The smallest absolute Gasteiger partial charge is 0.226 e. The zero-order valence-corrected chi connectivity index (χ0v) is 9.95. The number of likely N-dealkylation sites (tertiary alicyclic amines) is 1. The summed E-state index contributed by atoms with van der Waals surface area (Å²) in [6.45, 7) is 7.52. The van der Waals surface area contributed by atoms with E-state index in [0.717, 1.165) is 13.0 Å². The Balaban J connectivity index is 2.59. The van der Waals surface area contributed by atoms with Crippen LogP contribution >= 0.6 is 0 Å². The number of nitrogens with zero attached hydrogens (tertiary/aromatic N) is 2. The van der Waals surface area contributed by atoms with Crippen LogP contribution in [0.15, 0.2) is 0 Å². The number of rotatable bonds is 2. The summed E-state index contributed by atoms with van der Waals surface area (Å²) in [5.74, 6) is 0.488. The number of carbonyl (C=O) groups excluding carboxylic acids is 1. The standard InChI is InChI=1S/C11H22N2O/c1-8(2)13-7-10(6-9(13)3)11(14)12(4)5/h8-10H,6-7H2,1-5H3. The highest BCUT2D eigenvalue weighted by Crippen LogP contribution is 2.25. The summed E-state index contributed by atoms with van der Waals surface area (Å²) >= 11 is 0. The van der Waals surface area contributed by atoms with E-state index in [2.05, 4.69) is 25.7 Å². The summed E-state index contributed by atoms with van der Waals surface area (Å²) in [5, 5.41) is 0. The zero-order valence-electron chi connectivity index (χ0n) is 9.95. The van der Waals surface area contributed by atoms with Crippen molar-refractivity contribution < 1.29 is 4.79 Å².